The number of nitriles is 1. The van der Waals surface area contributed by atoms with Gasteiger partial charge in [-0.2, -0.15) is 5.26 Å². The van der Waals surface area contributed by atoms with Crippen molar-refractivity contribution in [3.05, 3.63) is 35.0 Å². The van der Waals surface area contributed by atoms with E-state index in [4.69, 9.17) is 5.26 Å². The molecular weight excluding hydrogens is 280 g/mol. The number of nitrogens with zero attached hydrogens (tertiary/aromatic N) is 3. The van der Waals surface area contributed by atoms with Crippen LogP contribution in [0, 0.1) is 18.3 Å². The van der Waals surface area contributed by atoms with Crippen molar-refractivity contribution in [1.29, 1.82) is 5.26 Å². The zero-order valence-electron chi connectivity index (χ0n) is 10.1. The largest absolute Gasteiger partial charge is 0.301 e. The highest BCUT2D eigenvalue weighted by molar-refractivity contribution is 8.00. The molecule has 2 rings (SSSR count). The van der Waals surface area contributed by atoms with Gasteiger partial charge in [-0.3, -0.25) is 4.79 Å². The number of amides is 1. The van der Waals surface area contributed by atoms with E-state index in [2.05, 4.69) is 15.3 Å². The maximum Gasteiger partial charge on any atom is 0.236 e. The lowest BCUT2D eigenvalue weighted by atomic mass is 10.3. The van der Waals surface area contributed by atoms with Gasteiger partial charge < -0.3 is 5.32 Å². The number of thiazole rings is 1. The molecule has 1 N–H and O–H groups in total. The fourth-order valence-electron chi connectivity index (χ4n) is 1.29. The van der Waals surface area contributed by atoms with Gasteiger partial charge in [-0.15, -0.1) is 11.3 Å². The molecule has 0 aromatic carbocycles. The maximum atomic E-state index is 11.7. The van der Waals surface area contributed by atoms with Crippen LogP contribution in [-0.4, -0.2) is 21.6 Å². The highest BCUT2D eigenvalue weighted by Gasteiger charge is 2.09. The first-order valence-corrected chi connectivity index (χ1v) is 7.25. The number of nitrogens with one attached hydrogen (secondary N) is 1. The smallest absolute Gasteiger partial charge is 0.236 e. The number of aryl methyl sites for hydroxylation is 1. The summed E-state index contributed by atoms with van der Waals surface area (Å²) in [6.45, 7) is 1.87. The zero-order valence-corrected chi connectivity index (χ0v) is 11.7. The predicted octanol–water partition coefficient (Wildman–Crippen LogP) is 2.45. The molecule has 0 bridgehead atoms. The standard InChI is InChI=1S/C12H10N4OS2/c1-8-6-19-12(15-8)16-10(17)7-18-11-9(5-13)3-2-4-14-11/h2-4,6H,7H2,1H3,(H,15,16,17). The molecule has 2 heterocycles. The molecule has 7 heteroatoms. The molecule has 0 fully saturated rings. The first kappa shape index (κ1) is 13.5. The number of hydrogen-bond acceptors (Lipinski definition) is 6. The lowest BCUT2D eigenvalue weighted by Gasteiger charge is -2.02. The van der Waals surface area contributed by atoms with Crippen LogP contribution in [0.5, 0.6) is 0 Å². The molecule has 19 heavy (non-hydrogen) atoms. The molecule has 0 aliphatic carbocycles. The van der Waals surface area contributed by atoms with Gasteiger partial charge in [0.25, 0.3) is 0 Å². The molecule has 0 aliphatic rings. The van der Waals surface area contributed by atoms with Crippen LogP contribution in [0.25, 0.3) is 0 Å². The van der Waals surface area contributed by atoms with Crippen LogP contribution in [0.2, 0.25) is 0 Å². The Hall–Kier alpha value is -1.91. The van der Waals surface area contributed by atoms with Gasteiger partial charge in [0, 0.05) is 11.6 Å². The third-order valence-corrected chi connectivity index (χ3v) is 3.98. The van der Waals surface area contributed by atoms with Gasteiger partial charge in [0.15, 0.2) is 5.13 Å². The quantitative estimate of drug-likeness (QED) is 0.875. The fraction of sp³-hybridized carbons (Fsp3) is 0.167. The van der Waals surface area contributed by atoms with Crippen LogP contribution in [0.3, 0.4) is 0 Å². The number of hydrogen-bond donors (Lipinski definition) is 1. The van der Waals surface area contributed by atoms with E-state index in [0.717, 1.165) is 5.69 Å². The van der Waals surface area contributed by atoms with E-state index >= 15 is 0 Å². The molecule has 0 saturated heterocycles. The summed E-state index contributed by atoms with van der Waals surface area (Å²) in [5.41, 5.74) is 1.36. The number of anilines is 1. The summed E-state index contributed by atoms with van der Waals surface area (Å²) < 4.78 is 0. The van der Waals surface area contributed by atoms with Crippen molar-refractivity contribution in [1.82, 2.24) is 9.97 Å². The molecule has 0 spiro atoms. The zero-order chi connectivity index (χ0) is 13.7. The minimum atomic E-state index is -0.158. The first-order valence-electron chi connectivity index (χ1n) is 5.39. The summed E-state index contributed by atoms with van der Waals surface area (Å²) in [5, 5.41) is 14.6. The number of carbonyl (C=O) groups is 1. The van der Waals surface area contributed by atoms with Gasteiger partial charge in [0.05, 0.1) is 17.0 Å². The number of aromatic nitrogens is 2. The SMILES string of the molecule is Cc1csc(NC(=O)CSc2ncccc2C#N)n1. The number of pyridine rings is 1. The Kier molecular flexibility index (Phi) is 4.49. The predicted molar refractivity (Wildman–Crippen MR) is 75.2 cm³/mol. The maximum absolute atomic E-state index is 11.7. The van der Waals surface area contributed by atoms with Gasteiger partial charge in [-0.05, 0) is 19.1 Å². The van der Waals surface area contributed by atoms with Crippen LogP contribution in [0.15, 0.2) is 28.7 Å². The molecule has 2 aromatic heterocycles. The average molecular weight is 290 g/mol. The topological polar surface area (TPSA) is 78.7 Å². The Balaban J connectivity index is 1.92. The van der Waals surface area contributed by atoms with Gasteiger partial charge >= 0.3 is 0 Å². The molecule has 1 amide bonds. The Bertz CT molecular complexity index is 633. The number of carbonyl (C=O) groups excluding carboxylic acids is 1. The summed E-state index contributed by atoms with van der Waals surface area (Å²) in [6, 6.07) is 5.42. The van der Waals surface area contributed by atoms with Crippen molar-refractivity contribution in [2.24, 2.45) is 0 Å². The van der Waals surface area contributed by atoms with Crippen molar-refractivity contribution in [2.45, 2.75) is 11.9 Å². The lowest BCUT2D eigenvalue weighted by Crippen LogP contribution is -2.14. The lowest BCUT2D eigenvalue weighted by molar-refractivity contribution is -0.113. The van der Waals surface area contributed by atoms with E-state index in [1.807, 2.05) is 18.4 Å². The van der Waals surface area contributed by atoms with E-state index in [9.17, 15) is 4.79 Å². The third kappa shape index (κ3) is 3.77. The van der Waals surface area contributed by atoms with E-state index in [0.29, 0.717) is 15.7 Å². The summed E-state index contributed by atoms with van der Waals surface area (Å²) >= 11 is 2.62. The van der Waals surface area contributed by atoms with E-state index in [1.54, 1.807) is 18.3 Å². The fourth-order valence-corrected chi connectivity index (χ4v) is 2.74. The summed E-state index contributed by atoms with van der Waals surface area (Å²) in [7, 11) is 0. The van der Waals surface area contributed by atoms with Gasteiger partial charge in [0.2, 0.25) is 5.91 Å². The van der Waals surface area contributed by atoms with Crippen molar-refractivity contribution in [3.63, 3.8) is 0 Å². The van der Waals surface area contributed by atoms with Crippen molar-refractivity contribution in [3.8, 4) is 6.07 Å². The normalized spacial score (nSPS) is 9.89. The van der Waals surface area contributed by atoms with E-state index < -0.39 is 0 Å². The highest BCUT2D eigenvalue weighted by Crippen LogP contribution is 2.20. The monoisotopic (exact) mass is 290 g/mol. The minimum absolute atomic E-state index is 0.158. The summed E-state index contributed by atoms with van der Waals surface area (Å²) in [5.74, 6) is 0.0403. The number of thioether (sulfide) groups is 1. The molecule has 0 aliphatic heterocycles. The molecule has 2 aromatic rings. The molecule has 0 radical (unpaired) electrons. The Morgan fingerprint density at radius 1 is 1.63 bits per heavy atom. The Labute approximate surface area is 118 Å². The van der Waals surface area contributed by atoms with Gasteiger partial charge in [-0.25, -0.2) is 9.97 Å². The second kappa shape index (κ2) is 6.31. The first-order chi connectivity index (χ1) is 9.19. The molecule has 5 nitrogen and oxygen atoms in total. The molecule has 0 unspecified atom stereocenters. The summed E-state index contributed by atoms with van der Waals surface area (Å²) in [6.07, 6.45) is 1.60. The highest BCUT2D eigenvalue weighted by atomic mass is 32.2. The van der Waals surface area contributed by atoms with E-state index in [1.165, 1.54) is 23.1 Å². The minimum Gasteiger partial charge on any atom is -0.301 e. The second-order valence-corrected chi connectivity index (χ2v) is 5.42. The van der Waals surface area contributed by atoms with E-state index in [-0.39, 0.29) is 11.7 Å². The Morgan fingerprint density at radius 2 is 2.47 bits per heavy atom. The molecule has 0 saturated carbocycles. The average Bonchev–Trinajstić information content (AvgIpc) is 2.82. The molecular formula is C12H10N4OS2. The third-order valence-electron chi connectivity index (χ3n) is 2.10. The van der Waals surface area contributed by atoms with Crippen LogP contribution in [-0.2, 0) is 4.79 Å². The van der Waals surface area contributed by atoms with Crippen molar-refractivity contribution < 1.29 is 4.79 Å². The van der Waals surface area contributed by atoms with Crippen molar-refractivity contribution >= 4 is 34.1 Å². The molecule has 96 valence electrons. The second-order valence-electron chi connectivity index (χ2n) is 3.60. The van der Waals surface area contributed by atoms with Crippen LogP contribution in [0.4, 0.5) is 5.13 Å². The molecule has 0 atom stereocenters. The summed E-state index contributed by atoms with van der Waals surface area (Å²) in [4.78, 5) is 19.9. The number of rotatable bonds is 4. The van der Waals surface area contributed by atoms with Crippen LogP contribution in [0.1, 0.15) is 11.3 Å². The Morgan fingerprint density at radius 3 is 3.16 bits per heavy atom. The van der Waals surface area contributed by atoms with Gasteiger partial charge in [-0.1, -0.05) is 11.8 Å². The van der Waals surface area contributed by atoms with Crippen LogP contribution >= 0.6 is 23.1 Å². The van der Waals surface area contributed by atoms with Crippen molar-refractivity contribution in [2.75, 3.05) is 11.1 Å². The van der Waals surface area contributed by atoms with Crippen LogP contribution < -0.4 is 5.32 Å². The van der Waals surface area contributed by atoms with Gasteiger partial charge in [0.1, 0.15) is 11.1 Å².